The third-order valence-electron chi connectivity index (χ3n) is 4.30. The fraction of sp³-hybridized carbons (Fsp3) is 0.368. The predicted octanol–water partition coefficient (Wildman–Crippen LogP) is 1.55. The standard InChI is InChI=1S/C19H21N3O6S/c1-3-27-18(25)16-10(2)20-19(26)22-12(16)9-28-15(23)8-14-17(24)21-11-6-4-5-7-13(11)29-14/h4-7,10,14H,3,8-9H2,1-2H3,(H,21,24)(H2,20,22,26)/t10-,14+/m1/s1. The molecule has 3 rings (SSSR count). The molecular formula is C19H21N3O6S. The first kappa shape index (κ1) is 20.7. The van der Waals surface area contributed by atoms with E-state index in [1.807, 2.05) is 18.2 Å². The SMILES string of the molecule is CCOC(=O)C1=C(COC(=O)C[C@@H]2Sc3ccccc3NC2=O)NC(=O)N[C@@H]1C. The van der Waals surface area contributed by atoms with Gasteiger partial charge in [0, 0.05) is 4.90 Å². The summed E-state index contributed by atoms with van der Waals surface area (Å²) in [4.78, 5) is 49.3. The summed E-state index contributed by atoms with van der Waals surface area (Å²) in [7, 11) is 0. The van der Waals surface area contributed by atoms with E-state index in [9.17, 15) is 19.2 Å². The van der Waals surface area contributed by atoms with Crippen LogP contribution in [0.1, 0.15) is 20.3 Å². The van der Waals surface area contributed by atoms with Crippen LogP contribution in [0.25, 0.3) is 0 Å². The van der Waals surface area contributed by atoms with Gasteiger partial charge in [0.1, 0.15) is 6.61 Å². The summed E-state index contributed by atoms with van der Waals surface area (Å²) in [5.74, 6) is -1.49. The molecule has 9 nitrogen and oxygen atoms in total. The molecule has 2 aliphatic rings. The predicted molar refractivity (Wildman–Crippen MR) is 105 cm³/mol. The number of carbonyl (C=O) groups excluding carboxylic acids is 4. The third kappa shape index (κ3) is 4.89. The number of hydrogen-bond acceptors (Lipinski definition) is 7. The van der Waals surface area contributed by atoms with Gasteiger partial charge in [0.15, 0.2) is 0 Å². The van der Waals surface area contributed by atoms with E-state index in [1.165, 1.54) is 11.8 Å². The van der Waals surface area contributed by atoms with Gasteiger partial charge in [0.2, 0.25) is 5.91 Å². The van der Waals surface area contributed by atoms with Crippen LogP contribution in [0.3, 0.4) is 0 Å². The van der Waals surface area contributed by atoms with Crippen LogP contribution in [-0.4, -0.2) is 48.4 Å². The normalized spacial score (nSPS) is 20.8. The highest BCUT2D eigenvalue weighted by molar-refractivity contribution is 8.01. The van der Waals surface area contributed by atoms with Crippen LogP contribution >= 0.6 is 11.8 Å². The van der Waals surface area contributed by atoms with Gasteiger partial charge < -0.3 is 25.4 Å². The Morgan fingerprint density at radius 2 is 1.90 bits per heavy atom. The zero-order valence-electron chi connectivity index (χ0n) is 15.9. The van der Waals surface area contributed by atoms with Gasteiger partial charge in [-0.25, -0.2) is 9.59 Å². The van der Waals surface area contributed by atoms with Crippen molar-refractivity contribution in [1.29, 1.82) is 0 Å². The molecule has 0 spiro atoms. The lowest BCUT2D eigenvalue weighted by Gasteiger charge is -2.26. The van der Waals surface area contributed by atoms with E-state index >= 15 is 0 Å². The quantitative estimate of drug-likeness (QED) is 0.598. The van der Waals surface area contributed by atoms with Crippen molar-refractivity contribution in [2.24, 2.45) is 0 Å². The smallest absolute Gasteiger partial charge is 0.338 e. The average molecular weight is 419 g/mol. The molecule has 2 atom stereocenters. The first-order chi connectivity index (χ1) is 13.9. The molecule has 10 heteroatoms. The molecule has 29 heavy (non-hydrogen) atoms. The minimum absolute atomic E-state index is 0.144. The maximum absolute atomic E-state index is 12.3. The van der Waals surface area contributed by atoms with Crippen molar-refractivity contribution in [2.75, 3.05) is 18.5 Å². The van der Waals surface area contributed by atoms with Crippen molar-refractivity contribution in [3.05, 3.63) is 35.5 Å². The van der Waals surface area contributed by atoms with E-state index < -0.39 is 29.3 Å². The van der Waals surface area contributed by atoms with Gasteiger partial charge in [0.25, 0.3) is 0 Å². The summed E-state index contributed by atoms with van der Waals surface area (Å²) in [6.07, 6.45) is -0.144. The molecule has 2 heterocycles. The van der Waals surface area contributed by atoms with Crippen molar-refractivity contribution >= 4 is 41.3 Å². The number of esters is 2. The molecule has 0 radical (unpaired) electrons. The molecule has 0 aromatic heterocycles. The molecule has 0 bridgehead atoms. The Labute approximate surface area is 171 Å². The number of para-hydroxylation sites is 1. The van der Waals surface area contributed by atoms with E-state index in [2.05, 4.69) is 16.0 Å². The molecule has 0 unspecified atom stereocenters. The highest BCUT2D eigenvalue weighted by Gasteiger charge is 2.32. The monoisotopic (exact) mass is 419 g/mol. The first-order valence-electron chi connectivity index (χ1n) is 9.09. The number of thioether (sulfide) groups is 1. The summed E-state index contributed by atoms with van der Waals surface area (Å²) in [6.45, 7) is 3.17. The number of ether oxygens (including phenoxy) is 2. The van der Waals surface area contributed by atoms with Crippen LogP contribution in [0.15, 0.2) is 40.4 Å². The number of nitrogens with one attached hydrogen (secondary N) is 3. The number of amides is 3. The number of benzene rings is 1. The maximum Gasteiger partial charge on any atom is 0.338 e. The zero-order valence-corrected chi connectivity index (χ0v) is 16.8. The largest absolute Gasteiger partial charge is 0.463 e. The lowest BCUT2D eigenvalue weighted by atomic mass is 10.0. The van der Waals surface area contributed by atoms with Gasteiger partial charge >= 0.3 is 18.0 Å². The van der Waals surface area contributed by atoms with Crippen LogP contribution in [0.2, 0.25) is 0 Å². The van der Waals surface area contributed by atoms with Crippen molar-refractivity contribution < 1.29 is 28.7 Å². The van der Waals surface area contributed by atoms with E-state index in [0.29, 0.717) is 5.69 Å². The first-order valence-corrected chi connectivity index (χ1v) is 9.96. The van der Waals surface area contributed by atoms with Gasteiger partial charge in [-0.2, -0.15) is 0 Å². The third-order valence-corrected chi connectivity index (χ3v) is 5.58. The molecule has 3 N–H and O–H groups in total. The van der Waals surface area contributed by atoms with Crippen molar-refractivity contribution in [3.8, 4) is 0 Å². The van der Waals surface area contributed by atoms with Crippen LogP contribution < -0.4 is 16.0 Å². The molecule has 0 saturated heterocycles. The van der Waals surface area contributed by atoms with Gasteiger partial charge in [-0.15, -0.1) is 11.8 Å². The summed E-state index contributed by atoms with van der Waals surface area (Å²) in [5, 5.41) is 7.18. The van der Waals surface area contributed by atoms with Gasteiger partial charge in [-0.1, -0.05) is 12.1 Å². The van der Waals surface area contributed by atoms with Gasteiger partial charge in [0.05, 0.1) is 41.3 Å². The average Bonchev–Trinajstić information content (AvgIpc) is 2.66. The number of carbonyl (C=O) groups is 4. The molecule has 1 aromatic rings. The minimum atomic E-state index is -0.627. The number of anilines is 1. The van der Waals surface area contributed by atoms with E-state index in [1.54, 1.807) is 19.9 Å². The van der Waals surface area contributed by atoms with Gasteiger partial charge in [-0.3, -0.25) is 9.59 Å². The molecule has 0 fully saturated rings. The molecule has 1 aromatic carbocycles. The summed E-state index contributed by atoms with van der Waals surface area (Å²) in [5.41, 5.74) is 1.07. The lowest BCUT2D eigenvalue weighted by molar-refractivity contribution is -0.144. The van der Waals surface area contributed by atoms with E-state index in [4.69, 9.17) is 9.47 Å². The van der Waals surface area contributed by atoms with Crippen molar-refractivity contribution in [3.63, 3.8) is 0 Å². The Bertz CT molecular complexity index is 884. The molecule has 0 saturated carbocycles. The van der Waals surface area contributed by atoms with Crippen LogP contribution in [0.4, 0.5) is 10.5 Å². The van der Waals surface area contributed by atoms with E-state index in [0.717, 1.165) is 4.90 Å². The molecule has 154 valence electrons. The Balaban J connectivity index is 1.64. The number of urea groups is 1. The Morgan fingerprint density at radius 3 is 2.66 bits per heavy atom. The number of fused-ring (bicyclic) bond motifs is 1. The van der Waals surface area contributed by atoms with Crippen molar-refractivity contribution in [2.45, 2.75) is 36.5 Å². The van der Waals surface area contributed by atoms with Crippen LogP contribution in [-0.2, 0) is 23.9 Å². The second kappa shape index (κ2) is 8.99. The Hall–Kier alpha value is -3.01. The number of rotatable bonds is 6. The highest BCUT2D eigenvalue weighted by Crippen LogP contribution is 2.36. The molecular weight excluding hydrogens is 398 g/mol. The molecule has 2 aliphatic heterocycles. The summed E-state index contributed by atoms with van der Waals surface area (Å²) >= 11 is 1.29. The fourth-order valence-corrected chi connectivity index (χ4v) is 4.08. The summed E-state index contributed by atoms with van der Waals surface area (Å²) < 4.78 is 10.2. The second-order valence-electron chi connectivity index (χ2n) is 6.39. The Kier molecular flexibility index (Phi) is 6.42. The van der Waals surface area contributed by atoms with Gasteiger partial charge in [-0.05, 0) is 26.0 Å². The highest BCUT2D eigenvalue weighted by atomic mass is 32.2. The topological polar surface area (TPSA) is 123 Å². The zero-order chi connectivity index (χ0) is 21.0. The van der Waals surface area contributed by atoms with Crippen LogP contribution in [0, 0.1) is 0 Å². The van der Waals surface area contributed by atoms with Crippen molar-refractivity contribution in [1.82, 2.24) is 10.6 Å². The lowest BCUT2D eigenvalue weighted by Crippen LogP contribution is -2.50. The van der Waals surface area contributed by atoms with Crippen LogP contribution in [0.5, 0.6) is 0 Å². The Morgan fingerprint density at radius 1 is 1.14 bits per heavy atom. The summed E-state index contributed by atoms with van der Waals surface area (Å²) in [6, 6.07) is 6.22. The maximum atomic E-state index is 12.3. The fourth-order valence-electron chi connectivity index (χ4n) is 2.98. The van der Waals surface area contributed by atoms with E-state index in [-0.39, 0.29) is 36.8 Å². The minimum Gasteiger partial charge on any atom is -0.463 e. The molecule has 3 amide bonds. The number of hydrogen-bond donors (Lipinski definition) is 3. The second-order valence-corrected chi connectivity index (χ2v) is 7.63. The molecule has 0 aliphatic carbocycles.